The van der Waals surface area contributed by atoms with Gasteiger partial charge >= 0.3 is 0 Å². The van der Waals surface area contributed by atoms with Crippen LogP contribution in [0.5, 0.6) is 0 Å². The predicted molar refractivity (Wildman–Crippen MR) is 131 cm³/mol. The van der Waals surface area contributed by atoms with E-state index in [1.54, 1.807) is 30.7 Å². The second-order valence-corrected chi connectivity index (χ2v) is 8.89. The van der Waals surface area contributed by atoms with Gasteiger partial charge in [-0.3, -0.25) is 14.9 Å². The molecule has 4 heterocycles. The average molecular weight is 461 g/mol. The number of benzene rings is 1. The highest BCUT2D eigenvalue weighted by Crippen LogP contribution is 2.37. The zero-order valence-corrected chi connectivity index (χ0v) is 18.6. The number of aryl methyl sites for hydroxylation is 2. The van der Waals surface area contributed by atoms with Crippen LogP contribution < -0.4 is 5.56 Å². The van der Waals surface area contributed by atoms with Crippen LogP contribution in [0.4, 0.5) is 0 Å². The lowest BCUT2D eigenvalue weighted by molar-refractivity contribution is 0.803. The Balaban J connectivity index is 1.48. The van der Waals surface area contributed by atoms with Crippen molar-refractivity contribution in [3.63, 3.8) is 0 Å². The molecule has 170 valence electrons. The lowest BCUT2D eigenvalue weighted by Gasteiger charge is -2.25. The molecule has 9 heteroatoms. The minimum atomic E-state index is -0.451. The molecule has 0 saturated heterocycles. The lowest BCUT2D eigenvalue weighted by atomic mass is 9.83. The number of allylic oxidation sites excluding steroid dienone is 1. The molecular weight excluding hydrogens is 440 g/mol. The van der Waals surface area contributed by atoms with Crippen molar-refractivity contribution in [1.82, 2.24) is 34.9 Å². The smallest absolute Gasteiger partial charge is 0.260 e. The topological polar surface area (TPSA) is 129 Å². The van der Waals surface area contributed by atoms with Crippen LogP contribution in [0.2, 0.25) is 0 Å². The van der Waals surface area contributed by atoms with Crippen molar-refractivity contribution >= 4 is 22.3 Å². The molecule has 0 bridgehead atoms. The minimum absolute atomic E-state index is 0.201. The second-order valence-electron chi connectivity index (χ2n) is 8.89. The fraction of sp³-hybridized carbons (Fsp3) is 0.154. The van der Waals surface area contributed by atoms with Crippen molar-refractivity contribution in [3.05, 3.63) is 99.6 Å². The number of hydrogen-bond acceptors (Lipinski definition) is 6. The standard InChI is InChI=1S/C26H20N8O/c27-23-17(16-4-2-6-20-18(16)12-29-32-20)11-21(34-13-15-3-1-5-19(15)33-34)24-22(23)26(35)31-25(30-24)14-7-9-28-10-8-14/h2,4,6-13,17,27H,1,3,5H2,(H,29,32)(H,30,31,35). The molecule has 2 aliphatic carbocycles. The van der Waals surface area contributed by atoms with Crippen molar-refractivity contribution in [3.8, 4) is 11.4 Å². The Morgan fingerprint density at radius 1 is 1.11 bits per heavy atom. The Hall–Kier alpha value is -4.66. The third-order valence-electron chi connectivity index (χ3n) is 6.86. The Kier molecular flexibility index (Phi) is 4.19. The molecule has 1 aromatic carbocycles. The number of pyridine rings is 1. The number of fused-ring (bicyclic) bond motifs is 3. The molecular formula is C26H20N8O. The first-order valence-corrected chi connectivity index (χ1v) is 11.5. The van der Waals surface area contributed by atoms with E-state index >= 15 is 0 Å². The zero-order chi connectivity index (χ0) is 23.5. The molecule has 5 aromatic rings. The van der Waals surface area contributed by atoms with Crippen LogP contribution in [0.3, 0.4) is 0 Å². The molecule has 1 atom stereocenters. The van der Waals surface area contributed by atoms with Gasteiger partial charge in [-0.05, 0) is 54.7 Å². The number of hydrogen-bond donors (Lipinski definition) is 3. The summed E-state index contributed by atoms with van der Waals surface area (Å²) in [6.07, 6.45) is 12.2. The molecule has 1 unspecified atom stereocenters. The van der Waals surface area contributed by atoms with Gasteiger partial charge in [0, 0.05) is 35.5 Å². The van der Waals surface area contributed by atoms with Gasteiger partial charge in [-0.2, -0.15) is 10.2 Å². The summed E-state index contributed by atoms with van der Waals surface area (Å²) in [5, 5.41) is 22.0. The molecule has 0 amide bonds. The maximum atomic E-state index is 13.4. The highest BCUT2D eigenvalue weighted by atomic mass is 16.1. The van der Waals surface area contributed by atoms with E-state index in [0.29, 0.717) is 17.2 Å². The number of aromatic nitrogens is 7. The van der Waals surface area contributed by atoms with E-state index in [2.05, 4.69) is 20.2 Å². The predicted octanol–water partition coefficient (Wildman–Crippen LogP) is 3.45. The first-order chi connectivity index (χ1) is 17.2. The largest absolute Gasteiger partial charge is 0.306 e. The van der Waals surface area contributed by atoms with E-state index in [4.69, 9.17) is 15.5 Å². The van der Waals surface area contributed by atoms with E-state index in [1.165, 1.54) is 5.56 Å². The zero-order valence-electron chi connectivity index (χ0n) is 18.6. The van der Waals surface area contributed by atoms with Crippen LogP contribution >= 0.6 is 0 Å². The van der Waals surface area contributed by atoms with Gasteiger partial charge in [0.05, 0.1) is 34.4 Å². The van der Waals surface area contributed by atoms with Crippen molar-refractivity contribution in [2.24, 2.45) is 0 Å². The minimum Gasteiger partial charge on any atom is -0.306 e. The number of nitrogens with one attached hydrogen (secondary N) is 3. The summed E-state index contributed by atoms with van der Waals surface area (Å²) in [6.45, 7) is 0. The van der Waals surface area contributed by atoms with E-state index in [1.807, 2.05) is 35.2 Å². The molecule has 3 N–H and O–H groups in total. The molecule has 4 aromatic heterocycles. The van der Waals surface area contributed by atoms with Crippen LogP contribution in [0.15, 0.2) is 66.0 Å². The number of aromatic amines is 2. The quantitative estimate of drug-likeness (QED) is 0.380. The van der Waals surface area contributed by atoms with E-state index < -0.39 is 5.92 Å². The highest BCUT2D eigenvalue weighted by Gasteiger charge is 2.33. The van der Waals surface area contributed by atoms with Crippen molar-refractivity contribution < 1.29 is 0 Å². The van der Waals surface area contributed by atoms with Gasteiger partial charge in [0.2, 0.25) is 0 Å². The average Bonchev–Trinajstić information content (AvgIpc) is 3.61. The number of H-pyrrole nitrogens is 2. The third kappa shape index (κ3) is 3.01. The van der Waals surface area contributed by atoms with Crippen LogP contribution in [0, 0.1) is 5.41 Å². The molecule has 9 nitrogen and oxygen atoms in total. The normalized spacial score (nSPS) is 16.9. The molecule has 7 rings (SSSR count). The van der Waals surface area contributed by atoms with Crippen molar-refractivity contribution in [2.45, 2.75) is 25.2 Å². The van der Waals surface area contributed by atoms with E-state index in [0.717, 1.165) is 47.0 Å². The summed E-state index contributed by atoms with van der Waals surface area (Å²) < 4.78 is 1.83. The van der Waals surface area contributed by atoms with Gasteiger partial charge in [-0.25, -0.2) is 9.67 Å². The summed E-state index contributed by atoms with van der Waals surface area (Å²) >= 11 is 0. The molecule has 0 radical (unpaired) electrons. The van der Waals surface area contributed by atoms with Crippen molar-refractivity contribution in [2.75, 3.05) is 0 Å². The van der Waals surface area contributed by atoms with Crippen LogP contribution in [0.1, 0.15) is 40.4 Å². The summed E-state index contributed by atoms with van der Waals surface area (Å²) in [7, 11) is 0. The van der Waals surface area contributed by atoms with Crippen molar-refractivity contribution in [1.29, 1.82) is 5.41 Å². The van der Waals surface area contributed by atoms with Gasteiger partial charge in [0.1, 0.15) is 11.5 Å². The van der Waals surface area contributed by atoms with Crippen LogP contribution in [-0.4, -0.2) is 40.6 Å². The lowest BCUT2D eigenvalue weighted by Crippen LogP contribution is -2.30. The van der Waals surface area contributed by atoms with Crippen LogP contribution in [-0.2, 0) is 12.8 Å². The molecule has 2 aliphatic rings. The molecule has 0 spiro atoms. The van der Waals surface area contributed by atoms with Gasteiger partial charge in [-0.15, -0.1) is 0 Å². The fourth-order valence-electron chi connectivity index (χ4n) is 5.16. The first kappa shape index (κ1) is 19.8. The fourth-order valence-corrected chi connectivity index (χ4v) is 5.16. The van der Waals surface area contributed by atoms with Gasteiger partial charge in [0.25, 0.3) is 5.56 Å². The SMILES string of the molecule is N=C1c2c(nc(-c3ccncc3)[nH]c2=O)C(n2cc3c(n2)CCC3)=CC1c1cccc2[nH]ncc12. The maximum Gasteiger partial charge on any atom is 0.260 e. The summed E-state index contributed by atoms with van der Waals surface area (Å²) in [5.41, 5.74) is 6.13. The first-order valence-electron chi connectivity index (χ1n) is 11.5. The molecule has 35 heavy (non-hydrogen) atoms. The highest BCUT2D eigenvalue weighted by molar-refractivity contribution is 6.11. The monoisotopic (exact) mass is 460 g/mol. The summed E-state index contributed by atoms with van der Waals surface area (Å²) in [6, 6.07) is 9.46. The molecule has 0 fully saturated rings. The summed E-state index contributed by atoms with van der Waals surface area (Å²) in [4.78, 5) is 25.2. The Bertz CT molecular complexity index is 1700. The van der Waals surface area contributed by atoms with E-state index in [-0.39, 0.29) is 16.8 Å². The second kappa shape index (κ2) is 7.42. The number of rotatable bonds is 3. The molecule has 0 saturated carbocycles. The van der Waals surface area contributed by atoms with Gasteiger partial charge in [-0.1, -0.05) is 12.1 Å². The Labute approximate surface area is 199 Å². The third-order valence-corrected chi connectivity index (χ3v) is 6.86. The Morgan fingerprint density at radius 3 is 2.86 bits per heavy atom. The molecule has 0 aliphatic heterocycles. The van der Waals surface area contributed by atoms with Gasteiger partial charge < -0.3 is 10.4 Å². The van der Waals surface area contributed by atoms with E-state index in [9.17, 15) is 4.79 Å². The maximum absolute atomic E-state index is 13.4. The number of nitrogens with zero attached hydrogens (tertiary/aromatic N) is 5. The summed E-state index contributed by atoms with van der Waals surface area (Å²) in [5.74, 6) is -0.0163. The Morgan fingerprint density at radius 2 is 2.00 bits per heavy atom. The van der Waals surface area contributed by atoms with Gasteiger partial charge in [0.15, 0.2) is 0 Å². The van der Waals surface area contributed by atoms with Crippen LogP contribution in [0.25, 0.3) is 28.0 Å².